The maximum Gasteiger partial charge on any atom is 0.407 e. The number of rotatable bonds is 4. The molecule has 1 aliphatic heterocycles. The van der Waals surface area contributed by atoms with Crippen molar-refractivity contribution in [2.24, 2.45) is 0 Å². The molecule has 1 N–H and O–H groups in total. The average Bonchev–Trinajstić information content (AvgIpc) is 3.11. The molecule has 9 heteroatoms. The van der Waals surface area contributed by atoms with Gasteiger partial charge in [0.2, 0.25) is 0 Å². The van der Waals surface area contributed by atoms with Crippen LogP contribution < -0.4 is 0 Å². The molecule has 0 bridgehead atoms. The smallest absolute Gasteiger partial charge is 0.407 e. The predicted molar refractivity (Wildman–Crippen MR) is 90.4 cm³/mol. The Balaban J connectivity index is 1.89. The lowest BCUT2D eigenvalue weighted by molar-refractivity contribution is -0.118. The zero-order chi connectivity index (χ0) is 20.4. The van der Waals surface area contributed by atoms with Crippen LogP contribution in [0.3, 0.4) is 0 Å². The van der Waals surface area contributed by atoms with Gasteiger partial charge in [0.1, 0.15) is 0 Å². The van der Waals surface area contributed by atoms with Crippen molar-refractivity contribution in [2.75, 3.05) is 6.54 Å². The minimum atomic E-state index is -1.59. The van der Waals surface area contributed by atoms with Crippen LogP contribution in [0.4, 0.5) is 22.4 Å². The molecule has 3 rings (SSSR count). The van der Waals surface area contributed by atoms with E-state index in [1.807, 2.05) is 0 Å². The molecule has 28 heavy (non-hydrogen) atoms. The maximum absolute atomic E-state index is 14.1. The summed E-state index contributed by atoms with van der Waals surface area (Å²) in [5.74, 6) is -8.17. The highest BCUT2D eigenvalue weighted by molar-refractivity contribution is 5.99. The number of carboxylic acid groups (broad SMARTS) is 1. The first-order chi connectivity index (χ1) is 13.3. The first-order valence-electron chi connectivity index (χ1n) is 8.24. The van der Waals surface area contributed by atoms with Gasteiger partial charge < -0.3 is 5.11 Å². The molecule has 0 saturated carbocycles. The molecule has 1 aromatic heterocycles. The largest absolute Gasteiger partial charge is 0.465 e. The number of hydrogen-bond acceptors (Lipinski definition) is 3. The third-order valence-electron chi connectivity index (χ3n) is 4.55. The fraction of sp³-hybridized carbons (Fsp3) is 0.211. The molecule has 1 amide bonds. The van der Waals surface area contributed by atoms with Crippen LogP contribution in [-0.2, 0) is 4.79 Å². The molecule has 2 atom stereocenters. The Morgan fingerprint density at radius 2 is 1.86 bits per heavy atom. The highest BCUT2D eigenvalue weighted by atomic mass is 19.2. The van der Waals surface area contributed by atoms with Gasteiger partial charge in [-0.1, -0.05) is 6.07 Å². The molecule has 1 saturated heterocycles. The molecule has 1 fully saturated rings. The van der Waals surface area contributed by atoms with Gasteiger partial charge in [-0.05, 0) is 30.2 Å². The number of hydrogen-bond donors (Lipinski definition) is 1. The number of carbonyl (C=O) groups is 2. The van der Waals surface area contributed by atoms with Crippen LogP contribution in [0, 0.1) is 23.3 Å². The molecule has 1 unspecified atom stereocenters. The van der Waals surface area contributed by atoms with Gasteiger partial charge in [0.15, 0.2) is 29.1 Å². The van der Waals surface area contributed by atoms with Crippen LogP contribution >= 0.6 is 0 Å². The SMILES string of the molecule is O=C(/C=C/c1cccnc1)C1C[C@H](c2c(F)c(F)cc(F)c2F)CN1C(=O)O. The lowest BCUT2D eigenvalue weighted by atomic mass is 9.93. The molecule has 2 heterocycles. The fourth-order valence-electron chi connectivity index (χ4n) is 3.24. The minimum Gasteiger partial charge on any atom is -0.465 e. The second-order valence-electron chi connectivity index (χ2n) is 6.29. The van der Waals surface area contributed by atoms with Gasteiger partial charge in [-0.25, -0.2) is 22.4 Å². The molecule has 1 aromatic carbocycles. The van der Waals surface area contributed by atoms with Crippen LogP contribution in [0.2, 0.25) is 0 Å². The number of likely N-dealkylation sites (tertiary alicyclic amines) is 1. The maximum atomic E-state index is 14.1. The number of amides is 1. The van der Waals surface area contributed by atoms with E-state index in [1.165, 1.54) is 18.5 Å². The Labute approximate surface area is 156 Å². The van der Waals surface area contributed by atoms with Crippen LogP contribution in [-0.4, -0.2) is 39.5 Å². The zero-order valence-corrected chi connectivity index (χ0v) is 14.3. The van der Waals surface area contributed by atoms with Crippen molar-refractivity contribution in [1.82, 2.24) is 9.88 Å². The van der Waals surface area contributed by atoms with Gasteiger partial charge in [-0.3, -0.25) is 14.7 Å². The van der Waals surface area contributed by atoms with E-state index >= 15 is 0 Å². The first kappa shape index (κ1) is 19.5. The van der Waals surface area contributed by atoms with Gasteiger partial charge in [0, 0.05) is 36.5 Å². The Bertz CT molecular complexity index is 924. The summed E-state index contributed by atoms with van der Waals surface area (Å²) in [6.45, 7) is -0.469. The quantitative estimate of drug-likeness (QED) is 0.487. The topological polar surface area (TPSA) is 70.5 Å². The average molecular weight is 394 g/mol. The van der Waals surface area contributed by atoms with Crippen molar-refractivity contribution in [1.29, 1.82) is 0 Å². The summed E-state index contributed by atoms with van der Waals surface area (Å²) in [4.78, 5) is 28.5. The molecule has 5 nitrogen and oxygen atoms in total. The third-order valence-corrected chi connectivity index (χ3v) is 4.55. The highest BCUT2D eigenvalue weighted by Gasteiger charge is 2.42. The Morgan fingerprint density at radius 1 is 1.18 bits per heavy atom. The van der Waals surface area contributed by atoms with Gasteiger partial charge in [-0.2, -0.15) is 0 Å². The molecular formula is C19H14F4N2O3. The van der Waals surface area contributed by atoms with Gasteiger partial charge in [0.25, 0.3) is 0 Å². The van der Waals surface area contributed by atoms with E-state index in [4.69, 9.17) is 0 Å². The van der Waals surface area contributed by atoms with Crippen molar-refractivity contribution in [3.8, 4) is 0 Å². The molecule has 0 radical (unpaired) electrons. The van der Waals surface area contributed by atoms with Crippen molar-refractivity contribution in [3.05, 3.63) is 71.1 Å². The summed E-state index contributed by atoms with van der Waals surface area (Å²) in [5.41, 5.74) is -0.299. The van der Waals surface area contributed by atoms with Crippen LogP contribution in [0.25, 0.3) is 6.08 Å². The fourth-order valence-corrected chi connectivity index (χ4v) is 3.24. The minimum absolute atomic E-state index is 0.0807. The normalized spacial score (nSPS) is 19.4. The third kappa shape index (κ3) is 3.73. The summed E-state index contributed by atoms with van der Waals surface area (Å²) >= 11 is 0. The lowest BCUT2D eigenvalue weighted by Crippen LogP contribution is -2.38. The molecule has 0 aliphatic carbocycles. The first-order valence-corrected chi connectivity index (χ1v) is 8.24. The van der Waals surface area contributed by atoms with Crippen LogP contribution in [0.15, 0.2) is 36.7 Å². The van der Waals surface area contributed by atoms with E-state index in [0.717, 1.165) is 6.08 Å². The van der Waals surface area contributed by atoms with E-state index in [2.05, 4.69) is 4.98 Å². The standard InChI is InChI=1S/C19H14F4N2O3/c20-12-7-13(21)18(23)16(17(12)22)11-6-14(25(9-11)19(27)28)15(26)4-3-10-2-1-5-24-8-10/h1-5,7-8,11,14H,6,9H2,(H,27,28)/b4-3+/t11-,14?/m0/s1. The van der Waals surface area contributed by atoms with E-state index in [9.17, 15) is 32.3 Å². The van der Waals surface area contributed by atoms with E-state index in [0.29, 0.717) is 10.5 Å². The van der Waals surface area contributed by atoms with Crippen molar-refractivity contribution >= 4 is 18.0 Å². The van der Waals surface area contributed by atoms with Crippen LogP contribution in [0.5, 0.6) is 0 Å². The summed E-state index contributed by atoms with van der Waals surface area (Å²) in [7, 11) is 0. The Morgan fingerprint density at radius 3 is 2.43 bits per heavy atom. The number of pyridine rings is 1. The monoisotopic (exact) mass is 394 g/mol. The highest BCUT2D eigenvalue weighted by Crippen LogP contribution is 2.36. The van der Waals surface area contributed by atoms with Crippen molar-refractivity contribution < 1.29 is 32.3 Å². The summed E-state index contributed by atoms with van der Waals surface area (Å²) in [5, 5.41) is 9.33. The van der Waals surface area contributed by atoms with Crippen molar-refractivity contribution in [3.63, 3.8) is 0 Å². The molecular weight excluding hydrogens is 380 g/mol. The number of aromatic nitrogens is 1. The number of carbonyl (C=O) groups excluding carboxylic acids is 1. The Hall–Kier alpha value is -3.23. The molecule has 146 valence electrons. The summed E-state index contributed by atoms with van der Waals surface area (Å²) in [6, 6.07) is 2.16. The molecule has 2 aromatic rings. The number of nitrogens with zero attached hydrogens (tertiary/aromatic N) is 2. The van der Waals surface area contributed by atoms with E-state index in [-0.39, 0.29) is 12.5 Å². The molecule has 1 aliphatic rings. The van der Waals surface area contributed by atoms with E-state index in [1.54, 1.807) is 12.1 Å². The van der Waals surface area contributed by atoms with Crippen molar-refractivity contribution in [2.45, 2.75) is 18.4 Å². The number of halogens is 4. The zero-order valence-electron chi connectivity index (χ0n) is 14.3. The second-order valence-corrected chi connectivity index (χ2v) is 6.29. The summed E-state index contributed by atoms with van der Waals surface area (Å²) in [6.07, 6.45) is 3.79. The summed E-state index contributed by atoms with van der Waals surface area (Å²) < 4.78 is 55.1. The second kappa shape index (κ2) is 7.79. The number of ketones is 1. The van der Waals surface area contributed by atoms with Gasteiger partial charge in [0.05, 0.1) is 6.04 Å². The Kier molecular flexibility index (Phi) is 5.43. The van der Waals surface area contributed by atoms with Gasteiger partial charge >= 0.3 is 6.09 Å². The van der Waals surface area contributed by atoms with E-state index < -0.39 is 59.2 Å². The van der Waals surface area contributed by atoms with Crippen LogP contribution in [0.1, 0.15) is 23.5 Å². The predicted octanol–water partition coefficient (Wildman–Crippen LogP) is 3.76. The lowest BCUT2D eigenvalue weighted by Gasteiger charge is -2.18. The number of benzene rings is 1. The van der Waals surface area contributed by atoms with Gasteiger partial charge in [-0.15, -0.1) is 0 Å². The molecule has 0 spiro atoms.